The Morgan fingerprint density at radius 1 is 1.42 bits per heavy atom. The molecule has 3 rings (SSSR count). The fourth-order valence-electron chi connectivity index (χ4n) is 3.27. The molecule has 168 valence electrons. The summed E-state index contributed by atoms with van der Waals surface area (Å²) in [5.74, 6) is 0.248. The Hall–Kier alpha value is -2.07. The summed E-state index contributed by atoms with van der Waals surface area (Å²) in [5.41, 5.74) is 1.20. The number of hydrogen-bond donors (Lipinski definition) is 2. The number of nitrogens with zero attached hydrogens (tertiary/aromatic N) is 3. The van der Waals surface area contributed by atoms with Crippen LogP contribution in [0.1, 0.15) is 41.7 Å². The van der Waals surface area contributed by atoms with Crippen molar-refractivity contribution in [3.8, 4) is 0 Å². The molecule has 2 amide bonds. The third kappa shape index (κ3) is 6.46. The van der Waals surface area contributed by atoms with Gasteiger partial charge >= 0.3 is 6.03 Å². The number of carbonyl (C=O) groups is 2. The van der Waals surface area contributed by atoms with Crippen molar-refractivity contribution in [3.05, 3.63) is 40.5 Å². The van der Waals surface area contributed by atoms with Gasteiger partial charge in [0, 0.05) is 25.2 Å². The number of carbonyl (C=O) groups excluding carboxylic acids is 2. The van der Waals surface area contributed by atoms with Gasteiger partial charge in [-0.2, -0.15) is 0 Å². The van der Waals surface area contributed by atoms with Crippen molar-refractivity contribution in [1.82, 2.24) is 14.9 Å². The molecule has 1 aliphatic rings. The van der Waals surface area contributed by atoms with Crippen LogP contribution in [0.25, 0.3) is 0 Å². The summed E-state index contributed by atoms with van der Waals surface area (Å²) >= 11 is 10.3. The number of thiol groups is 1. The van der Waals surface area contributed by atoms with Crippen molar-refractivity contribution in [3.63, 3.8) is 0 Å². The van der Waals surface area contributed by atoms with Crippen molar-refractivity contribution in [2.45, 2.75) is 43.7 Å². The zero-order chi connectivity index (χ0) is 22.2. The minimum absolute atomic E-state index is 0.138. The Morgan fingerprint density at radius 3 is 2.87 bits per heavy atom. The van der Waals surface area contributed by atoms with E-state index in [1.165, 1.54) is 4.90 Å². The first-order chi connectivity index (χ1) is 15.0. The highest BCUT2D eigenvalue weighted by Gasteiger charge is 2.22. The van der Waals surface area contributed by atoms with E-state index in [-0.39, 0.29) is 23.8 Å². The lowest BCUT2D eigenvalue weighted by Crippen LogP contribution is -2.39. The molecule has 31 heavy (non-hydrogen) atoms. The molecule has 0 radical (unpaired) electrons. The lowest BCUT2D eigenvalue weighted by atomic mass is 10.2. The Balaban J connectivity index is 1.54. The van der Waals surface area contributed by atoms with Gasteiger partial charge in [0.15, 0.2) is 23.6 Å². The predicted molar refractivity (Wildman–Crippen MR) is 121 cm³/mol. The molecular formula is C21H27ClN4O4S. The standard InChI is InChI=1S/C21H27ClN4O4S/c1-25(20(28)23-10-4-12-30-18-5-2-3-11-29-18)19-17(14-27)26(21(31)24-19)13-15-6-8-16(22)9-7-15/h6-9,14,18H,2-5,10-13H2,1H3,(H,23,28)(H,24,31). The smallest absolute Gasteiger partial charge is 0.322 e. The van der Waals surface area contributed by atoms with E-state index in [1.54, 1.807) is 23.7 Å². The Bertz CT molecular complexity index is 884. The summed E-state index contributed by atoms with van der Waals surface area (Å²) in [6, 6.07) is 6.91. The molecule has 0 saturated carbocycles. The number of urea groups is 1. The van der Waals surface area contributed by atoms with Gasteiger partial charge in [0.05, 0.1) is 13.2 Å². The average Bonchev–Trinajstić information content (AvgIpc) is 3.10. The van der Waals surface area contributed by atoms with Crippen molar-refractivity contribution in [2.24, 2.45) is 0 Å². The molecule has 1 N–H and O–H groups in total. The molecule has 10 heteroatoms. The molecule has 1 fully saturated rings. The van der Waals surface area contributed by atoms with Crippen LogP contribution >= 0.6 is 24.2 Å². The van der Waals surface area contributed by atoms with E-state index in [4.69, 9.17) is 21.1 Å². The average molecular weight is 467 g/mol. The van der Waals surface area contributed by atoms with Crippen LogP contribution in [-0.4, -0.2) is 55.0 Å². The van der Waals surface area contributed by atoms with E-state index >= 15 is 0 Å². The number of benzene rings is 1. The zero-order valence-electron chi connectivity index (χ0n) is 17.4. The first-order valence-electron chi connectivity index (χ1n) is 10.2. The zero-order valence-corrected chi connectivity index (χ0v) is 19.1. The normalized spacial score (nSPS) is 16.2. The number of anilines is 1. The molecule has 8 nitrogen and oxygen atoms in total. The molecule has 0 spiro atoms. The number of aldehydes is 1. The van der Waals surface area contributed by atoms with E-state index in [2.05, 4.69) is 22.9 Å². The van der Waals surface area contributed by atoms with E-state index in [0.29, 0.717) is 42.6 Å². The Kier molecular flexibility index (Phi) is 8.77. The van der Waals surface area contributed by atoms with Crippen LogP contribution in [0.15, 0.2) is 29.4 Å². The van der Waals surface area contributed by atoms with Gasteiger partial charge in [0.2, 0.25) is 0 Å². The fraction of sp³-hybridized carbons (Fsp3) is 0.476. The maximum Gasteiger partial charge on any atom is 0.322 e. The summed E-state index contributed by atoms with van der Waals surface area (Å²) in [5, 5.41) is 3.79. The third-order valence-corrected chi connectivity index (χ3v) is 5.59. The quantitative estimate of drug-likeness (QED) is 0.334. The predicted octanol–water partition coefficient (Wildman–Crippen LogP) is 3.77. The van der Waals surface area contributed by atoms with E-state index < -0.39 is 0 Å². The lowest BCUT2D eigenvalue weighted by molar-refractivity contribution is -0.162. The molecule has 1 aromatic carbocycles. The van der Waals surface area contributed by atoms with Crippen molar-refractivity contribution >= 4 is 42.4 Å². The van der Waals surface area contributed by atoms with Gasteiger partial charge in [0.25, 0.3) is 0 Å². The first-order valence-corrected chi connectivity index (χ1v) is 11.1. The molecule has 2 heterocycles. The summed E-state index contributed by atoms with van der Waals surface area (Å²) in [6.07, 6.45) is 4.30. The van der Waals surface area contributed by atoms with E-state index in [0.717, 1.165) is 31.4 Å². The second-order valence-electron chi connectivity index (χ2n) is 7.26. The van der Waals surface area contributed by atoms with Gasteiger partial charge in [-0.1, -0.05) is 23.7 Å². The Labute approximate surface area is 192 Å². The number of aromatic nitrogens is 2. The number of ether oxygens (including phenoxy) is 2. The van der Waals surface area contributed by atoms with Crippen LogP contribution < -0.4 is 10.2 Å². The molecule has 1 unspecified atom stereocenters. The topological polar surface area (TPSA) is 85.7 Å². The minimum Gasteiger partial charge on any atom is -0.353 e. The van der Waals surface area contributed by atoms with Gasteiger partial charge in [-0.25, -0.2) is 9.78 Å². The van der Waals surface area contributed by atoms with E-state index in [1.807, 2.05) is 12.1 Å². The van der Waals surface area contributed by atoms with Crippen LogP contribution in [0, 0.1) is 0 Å². The first kappa shape index (κ1) is 23.6. The molecule has 1 saturated heterocycles. The van der Waals surface area contributed by atoms with Gasteiger partial charge < -0.3 is 19.4 Å². The summed E-state index contributed by atoms with van der Waals surface area (Å²) in [6.45, 7) is 2.06. The minimum atomic E-state index is -0.360. The highest BCUT2D eigenvalue weighted by molar-refractivity contribution is 7.80. The summed E-state index contributed by atoms with van der Waals surface area (Å²) in [7, 11) is 1.57. The van der Waals surface area contributed by atoms with Gasteiger partial charge in [-0.3, -0.25) is 9.69 Å². The van der Waals surface area contributed by atoms with Gasteiger partial charge in [0.1, 0.15) is 5.69 Å². The lowest BCUT2D eigenvalue weighted by Gasteiger charge is -2.22. The molecule has 0 aliphatic carbocycles. The number of rotatable bonds is 9. The van der Waals surface area contributed by atoms with Gasteiger partial charge in [-0.05, 0) is 43.4 Å². The maximum atomic E-state index is 12.5. The highest BCUT2D eigenvalue weighted by atomic mass is 35.5. The summed E-state index contributed by atoms with van der Waals surface area (Å²) < 4.78 is 12.8. The maximum absolute atomic E-state index is 12.5. The SMILES string of the molecule is CN(C(=O)NCCCOC1CCCCO1)c1nc(S)n(Cc2ccc(Cl)cc2)c1C=O. The molecule has 1 aliphatic heterocycles. The second-order valence-corrected chi connectivity index (χ2v) is 8.10. The van der Waals surface area contributed by atoms with Crippen LogP contribution in [-0.2, 0) is 16.0 Å². The van der Waals surface area contributed by atoms with Gasteiger partial charge in [-0.15, -0.1) is 12.6 Å². The Morgan fingerprint density at radius 2 is 2.19 bits per heavy atom. The van der Waals surface area contributed by atoms with E-state index in [9.17, 15) is 9.59 Å². The fourth-order valence-corrected chi connectivity index (χ4v) is 3.67. The molecule has 1 aromatic heterocycles. The number of imidazole rings is 1. The van der Waals surface area contributed by atoms with Crippen LogP contribution in [0.5, 0.6) is 0 Å². The molecular weight excluding hydrogens is 440 g/mol. The van der Waals surface area contributed by atoms with Crippen molar-refractivity contribution in [1.29, 1.82) is 0 Å². The highest BCUT2D eigenvalue weighted by Crippen LogP contribution is 2.23. The number of amides is 2. The second kappa shape index (κ2) is 11.5. The molecule has 0 bridgehead atoms. The number of halogens is 1. The van der Waals surface area contributed by atoms with Crippen LogP contribution in [0.2, 0.25) is 5.02 Å². The number of hydrogen-bond acceptors (Lipinski definition) is 6. The molecule has 2 aromatic rings. The van der Waals surface area contributed by atoms with Crippen LogP contribution in [0.3, 0.4) is 0 Å². The largest absolute Gasteiger partial charge is 0.353 e. The van der Waals surface area contributed by atoms with Crippen molar-refractivity contribution < 1.29 is 19.1 Å². The van der Waals surface area contributed by atoms with Crippen molar-refractivity contribution in [2.75, 3.05) is 31.7 Å². The number of nitrogens with one attached hydrogen (secondary N) is 1. The summed E-state index contributed by atoms with van der Waals surface area (Å²) in [4.78, 5) is 29.9. The third-order valence-electron chi connectivity index (χ3n) is 4.99. The molecule has 1 atom stereocenters. The monoisotopic (exact) mass is 466 g/mol. The van der Waals surface area contributed by atoms with Crippen LogP contribution in [0.4, 0.5) is 10.6 Å².